The molecule has 0 aromatic carbocycles. The second-order valence-corrected chi connectivity index (χ2v) is 6.70. The number of thiazole rings is 1. The summed E-state index contributed by atoms with van der Waals surface area (Å²) < 4.78 is 28.8. The van der Waals surface area contributed by atoms with E-state index in [0.717, 1.165) is 12.8 Å². The molecule has 1 aliphatic heterocycles. The summed E-state index contributed by atoms with van der Waals surface area (Å²) in [5, 5.41) is 2.45. The molecule has 15 heavy (non-hydrogen) atoms. The summed E-state index contributed by atoms with van der Waals surface area (Å²) in [5.41, 5.74) is 0. The first kappa shape index (κ1) is 11.0. The van der Waals surface area contributed by atoms with Gasteiger partial charge in [0.1, 0.15) is 10.8 Å². The van der Waals surface area contributed by atoms with Gasteiger partial charge in [0.05, 0.1) is 11.9 Å². The molecule has 2 rings (SSSR count). The fourth-order valence-electron chi connectivity index (χ4n) is 1.63. The van der Waals surface area contributed by atoms with Crippen molar-refractivity contribution in [3.8, 4) is 0 Å². The predicted molar refractivity (Wildman–Crippen MR) is 58.6 cm³/mol. The van der Waals surface area contributed by atoms with Crippen LogP contribution in [0.5, 0.6) is 0 Å². The van der Waals surface area contributed by atoms with Crippen LogP contribution >= 0.6 is 11.3 Å². The van der Waals surface area contributed by atoms with Crippen LogP contribution in [-0.2, 0) is 20.3 Å². The Bertz CT molecular complexity index is 393. The first-order valence-corrected chi connectivity index (χ1v) is 7.56. The quantitative estimate of drug-likeness (QED) is 0.803. The highest BCUT2D eigenvalue weighted by molar-refractivity contribution is 7.90. The van der Waals surface area contributed by atoms with Gasteiger partial charge in [-0.25, -0.2) is 13.4 Å². The summed E-state index contributed by atoms with van der Waals surface area (Å²) >= 11 is 1.38. The molecule has 0 saturated carbocycles. The molecule has 84 valence electrons. The van der Waals surface area contributed by atoms with E-state index in [2.05, 4.69) is 4.98 Å². The Hall–Kier alpha value is -0.460. The van der Waals surface area contributed by atoms with Gasteiger partial charge in [0, 0.05) is 18.2 Å². The van der Waals surface area contributed by atoms with Crippen LogP contribution in [0.15, 0.2) is 11.6 Å². The number of rotatable bonds is 4. The van der Waals surface area contributed by atoms with Crippen molar-refractivity contribution in [1.29, 1.82) is 0 Å². The molecule has 0 aliphatic carbocycles. The van der Waals surface area contributed by atoms with Crippen molar-refractivity contribution >= 4 is 21.2 Å². The maximum Gasteiger partial charge on any atom is 0.159 e. The van der Waals surface area contributed by atoms with E-state index < -0.39 is 9.84 Å². The standard InChI is InChI=1S/C9H13NO3S2/c11-15(12,6-8-2-1-4-13-8)7-9-10-3-5-14-9/h3,5,8H,1-2,4,6-7H2. The first-order valence-electron chi connectivity index (χ1n) is 4.86. The average molecular weight is 247 g/mol. The van der Waals surface area contributed by atoms with E-state index in [1.54, 1.807) is 11.6 Å². The third kappa shape index (κ3) is 3.25. The van der Waals surface area contributed by atoms with Crippen LogP contribution in [0.25, 0.3) is 0 Å². The molecular formula is C9H13NO3S2. The van der Waals surface area contributed by atoms with Crippen LogP contribution < -0.4 is 0 Å². The van der Waals surface area contributed by atoms with Gasteiger partial charge in [0.2, 0.25) is 0 Å². The van der Waals surface area contributed by atoms with Gasteiger partial charge in [-0.2, -0.15) is 0 Å². The molecule has 6 heteroatoms. The summed E-state index contributed by atoms with van der Waals surface area (Å²) in [7, 11) is -3.07. The van der Waals surface area contributed by atoms with E-state index in [1.165, 1.54) is 11.3 Å². The van der Waals surface area contributed by atoms with Crippen LogP contribution in [0.3, 0.4) is 0 Å². The molecule has 0 radical (unpaired) electrons. The zero-order valence-corrected chi connectivity index (χ0v) is 9.89. The van der Waals surface area contributed by atoms with E-state index in [9.17, 15) is 8.42 Å². The van der Waals surface area contributed by atoms with Gasteiger partial charge < -0.3 is 4.74 Å². The molecule has 1 aromatic heterocycles. The van der Waals surface area contributed by atoms with Gasteiger partial charge >= 0.3 is 0 Å². The van der Waals surface area contributed by atoms with Gasteiger partial charge in [0.15, 0.2) is 9.84 Å². The van der Waals surface area contributed by atoms with Gasteiger partial charge in [-0.1, -0.05) is 0 Å². The topological polar surface area (TPSA) is 56.3 Å². The Morgan fingerprint density at radius 3 is 3.07 bits per heavy atom. The van der Waals surface area contributed by atoms with Crippen molar-refractivity contribution in [2.45, 2.75) is 24.7 Å². The van der Waals surface area contributed by atoms with Crippen molar-refractivity contribution < 1.29 is 13.2 Å². The largest absolute Gasteiger partial charge is 0.377 e. The zero-order valence-electron chi connectivity index (χ0n) is 8.26. The van der Waals surface area contributed by atoms with Gasteiger partial charge in [-0.05, 0) is 12.8 Å². The van der Waals surface area contributed by atoms with Crippen molar-refractivity contribution in [3.63, 3.8) is 0 Å². The van der Waals surface area contributed by atoms with Crippen LogP contribution in [0.4, 0.5) is 0 Å². The van der Waals surface area contributed by atoms with Crippen LogP contribution in [0.2, 0.25) is 0 Å². The molecule has 4 nitrogen and oxygen atoms in total. The summed E-state index contributed by atoms with van der Waals surface area (Å²) in [5.74, 6) is 0.178. The van der Waals surface area contributed by atoms with Crippen molar-refractivity contribution in [2.75, 3.05) is 12.4 Å². The van der Waals surface area contributed by atoms with Crippen molar-refractivity contribution in [2.24, 2.45) is 0 Å². The predicted octanol–water partition coefficient (Wildman–Crippen LogP) is 1.24. The summed E-state index contributed by atoms with van der Waals surface area (Å²) in [4.78, 5) is 3.97. The van der Waals surface area contributed by atoms with Gasteiger partial charge in [0.25, 0.3) is 0 Å². The van der Waals surface area contributed by atoms with E-state index >= 15 is 0 Å². The van der Waals surface area contributed by atoms with E-state index in [1.807, 2.05) is 0 Å². The smallest absolute Gasteiger partial charge is 0.159 e. The molecule has 0 spiro atoms. The van der Waals surface area contributed by atoms with Crippen molar-refractivity contribution in [3.05, 3.63) is 16.6 Å². The summed E-state index contributed by atoms with van der Waals surface area (Å²) in [6.07, 6.45) is 3.35. The molecule has 1 aliphatic rings. The summed E-state index contributed by atoms with van der Waals surface area (Å²) in [6.45, 7) is 0.692. The number of sulfone groups is 1. The lowest BCUT2D eigenvalue weighted by Crippen LogP contribution is -2.21. The van der Waals surface area contributed by atoms with Crippen LogP contribution in [0, 0.1) is 0 Å². The lowest BCUT2D eigenvalue weighted by atomic mass is 10.3. The van der Waals surface area contributed by atoms with Gasteiger partial charge in [-0.3, -0.25) is 0 Å². The third-order valence-corrected chi connectivity index (χ3v) is 4.85. The molecule has 1 aromatic rings. The first-order chi connectivity index (χ1) is 7.16. The fraction of sp³-hybridized carbons (Fsp3) is 0.667. The maximum atomic E-state index is 11.7. The second kappa shape index (κ2) is 4.59. The fourth-order valence-corrected chi connectivity index (χ4v) is 4.24. The minimum atomic E-state index is -3.07. The molecule has 0 N–H and O–H groups in total. The molecule has 0 amide bonds. The normalized spacial score (nSPS) is 22.0. The highest BCUT2D eigenvalue weighted by Gasteiger charge is 2.24. The lowest BCUT2D eigenvalue weighted by molar-refractivity contribution is 0.127. The highest BCUT2D eigenvalue weighted by Crippen LogP contribution is 2.17. The Balaban J connectivity index is 1.94. The number of aromatic nitrogens is 1. The van der Waals surface area contributed by atoms with Crippen molar-refractivity contribution in [1.82, 2.24) is 4.98 Å². The minimum absolute atomic E-state index is 0.0462. The molecule has 1 saturated heterocycles. The molecule has 2 heterocycles. The maximum absolute atomic E-state index is 11.7. The SMILES string of the molecule is O=S(=O)(Cc1nccs1)CC1CCCO1. The Morgan fingerprint density at radius 1 is 1.60 bits per heavy atom. The number of hydrogen-bond donors (Lipinski definition) is 0. The molecule has 1 fully saturated rings. The van der Waals surface area contributed by atoms with Crippen LogP contribution in [-0.4, -0.2) is 31.9 Å². The Labute approximate surface area is 93.2 Å². The Kier molecular flexibility index (Phi) is 3.38. The number of hydrogen-bond acceptors (Lipinski definition) is 5. The number of nitrogens with zero attached hydrogens (tertiary/aromatic N) is 1. The molecule has 1 atom stereocenters. The minimum Gasteiger partial charge on any atom is -0.377 e. The lowest BCUT2D eigenvalue weighted by Gasteiger charge is -2.08. The molecular weight excluding hydrogens is 234 g/mol. The monoisotopic (exact) mass is 247 g/mol. The highest BCUT2D eigenvalue weighted by atomic mass is 32.2. The van der Waals surface area contributed by atoms with E-state index in [-0.39, 0.29) is 17.6 Å². The average Bonchev–Trinajstić information content (AvgIpc) is 2.75. The summed E-state index contributed by atoms with van der Waals surface area (Å²) in [6, 6.07) is 0. The molecule has 1 unspecified atom stereocenters. The zero-order chi connectivity index (χ0) is 10.7. The Morgan fingerprint density at radius 2 is 2.47 bits per heavy atom. The second-order valence-electron chi connectivity index (χ2n) is 3.62. The van der Waals surface area contributed by atoms with Gasteiger partial charge in [-0.15, -0.1) is 11.3 Å². The molecule has 0 bridgehead atoms. The third-order valence-electron chi connectivity index (χ3n) is 2.29. The van der Waals surface area contributed by atoms with Crippen LogP contribution in [0.1, 0.15) is 17.8 Å². The van der Waals surface area contributed by atoms with E-state index in [4.69, 9.17) is 4.74 Å². The van der Waals surface area contributed by atoms with E-state index in [0.29, 0.717) is 11.6 Å². The number of ether oxygens (including phenoxy) is 1.